The van der Waals surface area contributed by atoms with Gasteiger partial charge in [0.2, 0.25) is 0 Å². The predicted molar refractivity (Wildman–Crippen MR) is 62.7 cm³/mol. The summed E-state index contributed by atoms with van der Waals surface area (Å²) < 4.78 is 14.9. The summed E-state index contributed by atoms with van der Waals surface area (Å²) in [5.41, 5.74) is 0.902. The Labute approximate surface area is 99.3 Å². The minimum atomic E-state index is 0.546. The molecule has 1 fully saturated rings. The highest BCUT2D eigenvalue weighted by molar-refractivity contribution is 7.10. The predicted octanol–water partition coefficient (Wildman–Crippen LogP) is 1.52. The van der Waals surface area contributed by atoms with E-state index in [2.05, 4.69) is 14.9 Å². The van der Waals surface area contributed by atoms with Gasteiger partial charge in [0.05, 0.1) is 13.2 Å². The average molecular weight is 243 g/mol. The maximum absolute atomic E-state index is 5.67. The molecule has 0 aromatic carbocycles. The zero-order chi connectivity index (χ0) is 11.2. The van der Waals surface area contributed by atoms with Crippen molar-refractivity contribution in [3.63, 3.8) is 0 Å². The monoisotopic (exact) mass is 243 g/mol. The van der Waals surface area contributed by atoms with Gasteiger partial charge in [-0.3, -0.25) is 0 Å². The molecule has 1 aliphatic heterocycles. The number of hydrogen-bond acceptors (Lipinski definition) is 6. The van der Waals surface area contributed by atoms with Crippen molar-refractivity contribution in [1.82, 2.24) is 9.59 Å². The van der Waals surface area contributed by atoms with Crippen molar-refractivity contribution in [1.29, 1.82) is 0 Å². The van der Waals surface area contributed by atoms with Crippen LogP contribution in [0.1, 0.15) is 18.5 Å². The smallest absolute Gasteiger partial charge is 0.135 e. The molecule has 0 aliphatic carbocycles. The van der Waals surface area contributed by atoms with Crippen molar-refractivity contribution >= 4 is 16.5 Å². The Hall–Kier alpha value is -0.720. The summed E-state index contributed by atoms with van der Waals surface area (Å²) in [5, 5.41) is 8.08. The zero-order valence-corrected chi connectivity index (χ0v) is 10.3. The molecule has 5 nitrogen and oxygen atoms in total. The topological polar surface area (TPSA) is 56.3 Å². The molecule has 2 heterocycles. The lowest BCUT2D eigenvalue weighted by Gasteiger charge is -2.21. The van der Waals surface area contributed by atoms with E-state index in [4.69, 9.17) is 9.47 Å². The second kappa shape index (κ2) is 6.12. The van der Waals surface area contributed by atoms with Crippen LogP contribution in [0.25, 0.3) is 0 Å². The maximum Gasteiger partial charge on any atom is 0.135 e. The van der Waals surface area contributed by atoms with Gasteiger partial charge in [0.1, 0.15) is 10.7 Å². The second-order valence-electron chi connectivity index (χ2n) is 3.87. The number of aromatic nitrogens is 2. The number of rotatable bonds is 5. The molecule has 0 saturated carbocycles. The van der Waals surface area contributed by atoms with Gasteiger partial charge in [-0.25, -0.2) is 0 Å². The maximum atomic E-state index is 5.67. The van der Waals surface area contributed by atoms with Crippen molar-refractivity contribution in [3.8, 4) is 0 Å². The zero-order valence-electron chi connectivity index (χ0n) is 9.44. The number of nitrogens with zero attached hydrogens (tertiary/aromatic N) is 2. The molecule has 1 saturated heterocycles. The number of nitrogens with one attached hydrogen (secondary N) is 1. The summed E-state index contributed by atoms with van der Waals surface area (Å²) in [5.74, 6) is 0.637. The van der Waals surface area contributed by atoms with Gasteiger partial charge in [0.25, 0.3) is 0 Å². The second-order valence-corrected chi connectivity index (χ2v) is 4.62. The third-order valence-corrected chi connectivity index (χ3v) is 3.50. The molecule has 1 aromatic heterocycles. The van der Waals surface area contributed by atoms with E-state index in [9.17, 15) is 0 Å². The largest absolute Gasteiger partial charge is 0.381 e. The SMILES string of the molecule is CNc1snnc1COCC1CCOCC1. The fraction of sp³-hybridized carbons (Fsp3) is 0.800. The van der Waals surface area contributed by atoms with Gasteiger partial charge in [-0.15, -0.1) is 5.10 Å². The van der Waals surface area contributed by atoms with Crippen molar-refractivity contribution in [2.24, 2.45) is 5.92 Å². The van der Waals surface area contributed by atoms with Crippen molar-refractivity contribution in [2.75, 3.05) is 32.2 Å². The molecule has 2 rings (SSSR count). The fourth-order valence-electron chi connectivity index (χ4n) is 1.73. The van der Waals surface area contributed by atoms with Crippen LogP contribution in [0.15, 0.2) is 0 Å². The highest BCUT2D eigenvalue weighted by atomic mass is 32.1. The van der Waals surface area contributed by atoms with Gasteiger partial charge in [0.15, 0.2) is 0 Å². The van der Waals surface area contributed by atoms with Gasteiger partial charge in [-0.1, -0.05) is 4.49 Å². The van der Waals surface area contributed by atoms with Crippen LogP contribution < -0.4 is 5.32 Å². The number of hydrogen-bond donors (Lipinski definition) is 1. The minimum Gasteiger partial charge on any atom is -0.381 e. The molecule has 0 bridgehead atoms. The van der Waals surface area contributed by atoms with E-state index in [0.29, 0.717) is 12.5 Å². The molecule has 0 unspecified atom stereocenters. The molecule has 1 N–H and O–H groups in total. The summed E-state index contributed by atoms with van der Waals surface area (Å²) in [6, 6.07) is 0. The Kier molecular flexibility index (Phi) is 4.50. The minimum absolute atomic E-state index is 0.546. The number of anilines is 1. The summed E-state index contributed by atoms with van der Waals surface area (Å²) in [7, 11) is 1.87. The van der Waals surface area contributed by atoms with Crippen LogP contribution in [0.4, 0.5) is 5.00 Å². The first-order valence-electron chi connectivity index (χ1n) is 5.54. The van der Waals surface area contributed by atoms with E-state index in [1.165, 1.54) is 11.5 Å². The Morgan fingerprint density at radius 3 is 3.06 bits per heavy atom. The first-order valence-corrected chi connectivity index (χ1v) is 6.32. The van der Waals surface area contributed by atoms with E-state index >= 15 is 0 Å². The van der Waals surface area contributed by atoms with Crippen LogP contribution in [0.3, 0.4) is 0 Å². The molecule has 0 radical (unpaired) electrons. The highest BCUT2D eigenvalue weighted by Gasteiger charge is 2.14. The standard InChI is InChI=1S/C10H17N3O2S/c1-11-10-9(12-13-16-10)7-15-6-8-2-4-14-5-3-8/h8,11H,2-7H2,1H3. The van der Waals surface area contributed by atoms with Crippen molar-refractivity contribution in [3.05, 3.63) is 5.69 Å². The first-order chi connectivity index (χ1) is 7.90. The van der Waals surface area contributed by atoms with Crippen LogP contribution in [0.2, 0.25) is 0 Å². The number of ether oxygens (including phenoxy) is 2. The Bertz CT molecular complexity index is 313. The van der Waals surface area contributed by atoms with Crippen LogP contribution in [0.5, 0.6) is 0 Å². The molecule has 0 amide bonds. The van der Waals surface area contributed by atoms with E-state index in [1.807, 2.05) is 7.05 Å². The quantitative estimate of drug-likeness (QED) is 0.849. The van der Waals surface area contributed by atoms with Gasteiger partial charge in [-0.05, 0) is 18.8 Å². The van der Waals surface area contributed by atoms with Gasteiger partial charge >= 0.3 is 0 Å². The summed E-state index contributed by atoms with van der Waals surface area (Å²) in [6.07, 6.45) is 2.21. The summed E-state index contributed by atoms with van der Waals surface area (Å²) in [4.78, 5) is 0. The lowest BCUT2D eigenvalue weighted by Crippen LogP contribution is -2.20. The van der Waals surface area contributed by atoms with Crippen LogP contribution in [-0.4, -0.2) is 36.5 Å². The van der Waals surface area contributed by atoms with E-state index in [1.54, 1.807) is 0 Å². The Morgan fingerprint density at radius 2 is 2.31 bits per heavy atom. The molecule has 1 aliphatic rings. The molecule has 0 spiro atoms. The Balaban J connectivity index is 1.71. The van der Waals surface area contributed by atoms with E-state index in [-0.39, 0.29) is 0 Å². The van der Waals surface area contributed by atoms with Crippen molar-refractivity contribution in [2.45, 2.75) is 19.4 Å². The molecule has 90 valence electrons. The molecular formula is C10H17N3O2S. The van der Waals surface area contributed by atoms with Gasteiger partial charge < -0.3 is 14.8 Å². The van der Waals surface area contributed by atoms with Crippen LogP contribution in [0, 0.1) is 5.92 Å². The van der Waals surface area contributed by atoms with E-state index < -0.39 is 0 Å². The fourth-order valence-corrected chi connectivity index (χ4v) is 2.25. The molecule has 6 heteroatoms. The lowest BCUT2D eigenvalue weighted by molar-refractivity contribution is 0.0151. The third-order valence-electron chi connectivity index (χ3n) is 2.72. The third kappa shape index (κ3) is 3.13. The average Bonchev–Trinajstić information content (AvgIpc) is 2.78. The molecule has 0 atom stereocenters. The Morgan fingerprint density at radius 1 is 1.50 bits per heavy atom. The normalized spacial score (nSPS) is 17.6. The molecule has 1 aromatic rings. The van der Waals surface area contributed by atoms with E-state index in [0.717, 1.165) is 43.4 Å². The van der Waals surface area contributed by atoms with Crippen molar-refractivity contribution < 1.29 is 9.47 Å². The highest BCUT2D eigenvalue weighted by Crippen LogP contribution is 2.19. The van der Waals surface area contributed by atoms with Crippen LogP contribution >= 0.6 is 11.5 Å². The first kappa shape index (κ1) is 11.8. The summed E-state index contributed by atoms with van der Waals surface area (Å²) >= 11 is 1.36. The molecular weight excluding hydrogens is 226 g/mol. The molecule has 16 heavy (non-hydrogen) atoms. The summed E-state index contributed by atoms with van der Waals surface area (Å²) in [6.45, 7) is 3.08. The van der Waals surface area contributed by atoms with Gasteiger partial charge in [0, 0.05) is 31.8 Å². The van der Waals surface area contributed by atoms with Gasteiger partial charge in [-0.2, -0.15) is 0 Å². The lowest BCUT2D eigenvalue weighted by atomic mass is 10.0. The van der Waals surface area contributed by atoms with Crippen LogP contribution in [-0.2, 0) is 16.1 Å².